The summed E-state index contributed by atoms with van der Waals surface area (Å²) in [4.78, 5) is 0. The number of hydrogen-bond donors (Lipinski definition) is 0. The van der Waals surface area contributed by atoms with Gasteiger partial charge in [-0.15, -0.1) is 0 Å². The Balaban J connectivity index is 2.56. The first-order valence-corrected chi connectivity index (χ1v) is 7.69. The van der Waals surface area contributed by atoms with Gasteiger partial charge in [0.1, 0.15) is 11.5 Å². The van der Waals surface area contributed by atoms with Gasteiger partial charge in [0.25, 0.3) is 0 Å². The number of aryl methyl sites for hydroxylation is 4. The molecular formula is C19H25BO2. The molecule has 0 spiro atoms. The van der Waals surface area contributed by atoms with E-state index in [2.05, 4.69) is 58.8 Å². The van der Waals surface area contributed by atoms with Crippen molar-refractivity contribution >= 4 is 17.6 Å². The van der Waals surface area contributed by atoms with Gasteiger partial charge in [0.2, 0.25) is 6.71 Å². The van der Waals surface area contributed by atoms with Gasteiger partial charge in [-0.3, -0.25) is 0 Å². The van der Waals surface area contributed by atoms with E-state index in [1.54, 1.807) is 14.2 Å². The van der Waals surface area contributed by atoms with Gasteiger partial charge in [-0.1, -0.05) is 40.0 Å². The summed E-state index contributed by atoms with van der Waals surface area (Å²) < 4.78 is 10.8. The van der Waals surface area contributed by atoms with Crippen LogP contribution in [0, 0.1) is 27.7 Å². The first kappa shape index (κ1) is 16.5. The number of rotatable bonds is 4. The third-order valence-electron chi connectivity index (χ3n) is 4.47. The van der Waals surface area contributed by atoms with Gasteiger partial charge in [0.15, 0.2) is 0 Å². The van der Waals surface area contributed by atoms with Crippen LogP contribution in [0.15, 0.2) is 24.3 Å². The van der Waals surface area contributed by atoms with Crippen LogP contribution >= 0.6 is 0 Å². The molecule has 0 aromatic heterocycles. The van der Waals surface area contributed by atoms with E-state index < -0.39 is 0 Å². The third-order valence-corrected chi connectivity index (χ3v) is 4.47. The maximum atomic E-state index is 5.38. The lowest BCUT2D eigenvalue weighted by atomic mass is 9.39. The summed E-state index contributed by atoms with van der Waals surface area (Å²) in [5.41, 5.74) is 7.88. The summed E-state index contributed by atoms with van der Waals surface area (Å²) in [6.07, 6.45) is 0. The predicted molar refractivity (Wildman–Crippen MR) is 95.8 cm³/mol. The molecule has 0 bridgehead atoms. The topological polar surface area (TPSA) is 18.5 Å². The second-order valence-electron chi connectivity index (χ2n) is 6.07. The van der Waals surface area contributed by atoms with Crippen molar-refractivity contribution in [3.05, 3.63) is 46.5 Å². The Hall–Kier alpha value is -1.90. The molecule has 0 aliphatic carbocycles. The zero-order chi connectivity index (χ0) is 16.4. The molecule has 0 saturated heterocycles. The summed E-state index contributed by atoms with van der Waals surface area (Å²) in [5.74, 6) is 1.85. The fourth-order valence-electron chi connectivity index (χ4n) is 3.62. The van der Waals surface area contributed by atoms with E-state index in [-0.39, 0.29) is 0 Å². The number of ether oxygens (including phenoxy) is 2. The number of methoxy groups -OCH3 is 2. The van der Waals surface area contributed by atoms with Crippen molar-refractivity contribution in [3.8, 4) is 11.5 Å². The molecule has 2 rings (SSSR count). The highest BCUT2D eigenvalue weighted by Gasteiger charge is 2.22. The molecule has 0 radical (unpaired) electrons. The number of benzene rings is 2. The van der Waals surface area contributed by atoms with E-state index in [0.717, 1.165) is 11.5 Å². The second kappa shape index (κ2) is 6.47. The molecule has 0 amide bonds. The summed E-state index contributed by atoms with van der Waals surface area (Å²) in [6, 6.07) is 8.47. The van der Waals surface area contributed by atoms with Crippen molar-refractivity contribution in [1.29, 1.82) is 0 Å². The fourth-order valence-corrected chi connectivity index (χ4v) is 3.62. The molecule has 116 valence electrons. The first-order chi connectivity index (χ1) is 10.4. The predicted octanol–water partition coefficient (Wildman–Crippen LogP) is 3.18. The smallest absolute Gasteiger partial charge is 0.207 e. The van der Waals surface area contributed by atoms with Crippen LogP contribution in [0.2, 0.25) is 6.82 Å². The molecule has 0 aliphatic heterocycles. The highest BCUT2D eigenvalue weighted by Crippen LogP contribution is 2.18. The molecular weight excluding hydrogens is 271 g/mol. The Bertz CT molecular complexity index is 586. The highest BCUT2D eigenvalue weighted by molar-refractivity contribution is 6.85. The molecule has 0 saturated carbocycles. The van der Waals surface area contributed by atoms with Gasteiger partial charge < -0.3 is 9.47 Å². The van der Waals surface area contributed by atoms with Crippen molar-refractivity contribution in [2.45, 2.75) is 34.5 Å². The first-order valence-electron chi connectivity index (χ1n) is 7.69. The van der Waals surface area contributed by atoms with Crippen LogP contribution < -0.4 is 20.4 Å². The monoisotopic (exact) mass is 296 g/mol. The molecule has 2 aromatic rings. The molecule has 0 fully saturated rings. The van der Waals surface area contributed by atoms with E-state index in [9.17, 15) is 0 Å². The van der Waals surface area contributed by atoms with E-state index in [4.69, 9.17) is 9.47 Å². The molecule has 3 heteroatoms. The summed E-state index contributed by atoms with van der Waals surface area (Å²) in [6.45, 7) is 11.3. The zero-order valence-electron chi connectivity index (χ0n) is 14.7. The number of hydrogen-bond acceptors (Lipinski definition) is 2. The van der Waals surface area contributed by atoms with Crippen molar-refractivity contribution in [3.63, 3.8) is 0 Å². The summed E-state index contributed by atoms with van der Waals surface area (Å²) >= 11 is 0. The molecule has 0 N–H and O–H groups in total. The van der Waals surface area contributed by atoms with Gasteiger partial charge in [-0.2, -0.15) is 0 Å². The zero-order valence-corrected chi connectivity index (χ0v) is 14.7. The van der Waals surface area contributed by atoms with Crippen molar-refractivity contribution in [1.82, 2.24) is 0 Å². The van der Waals surface area contributed by atoms with Crippen LogP contribution in [-0.4, -0.2) is 20.9 Å². The van der Waals surface area contributed by atoms with Crippen LogP contribution in [0.25, 0.3) is 0 Å². The molecule has 2 aromatic carbocycles. The molecule has 0 atom stereocenters. The second-order valence-corrected chi connectivity index (χ2v) is 6.07. The maximum absolute atomic E-state index is 5.38. The maximum Gasteiger partial charge on any atom is 0.207 e. The normalized spacial score (nSPS) is 10.5. The molecule has 2 nitrogen and oxygen atoms in total. The lowest BCUT2D eigenvalue weighted by Gasteiger charge is -2.21. The SMILES string of the molecule is COc1cc(C)c(B(C)c2c(C)cc(OC)cc2C)c(C)c1. The Morgan fingerprint density at radius 3 is 1.14 bits per heavy atom. The Labute approximate surface area is 134 Å². The van der Waals surface area contributed by atoms with Gasteiger partial charge in [0, 0.05) is 0 Å². The largest absolute Gasteiger partial charge is 0.497 e. The summed E-state index contributed by atoms with van der Waals surface area (Å²) in [7, 11) is 3.43. The Morgan fingerprint density at radius 2 is 0.909 bits per heavy atom. The Kier molecular flexibility index (Phi) is 4.85. The van der Waals surface area contributed by atoms with E-state index >= 15 is 0 Å². The lowest BCUT2D eigenvalue weighted by Crippen LogP contribution is -2.44. The lowest BCUT2D eigenvalue weighted by molar-refractivity contribution is 0.414. The third kappa shape index (κ3) is 2.99. The quantitative estimate of drug-likeness (QED) is 0.807. The van der Waals surface area contributed by atoms with Crippen LogP contribution in [0.3, 0.4) is 0 Å². The van der Waals surface area contributed by atoms with Gasteiger partial charge in [-0.25, -0.2) is 0 Å². The van der Waals surface area contributed by atoms with Crippen molar-refractivity contribution < 1.29 is 9.47 Å². The Morgan fingerprint density at radius 1 is 0.636 bits per heavy atom. The van der Waals surface area contributed by atoms with Gasteiger partial charge in [-0.05, 0) is 52.0 Å². The van der Waals surface area contributed by atoms with Crippen molar-refractivity contribution in [2.75, 3.05) is 14.2 Å². The van der Waals surface area contributed by atoms with Crippen LogP contribution in [0.4, 0.5) is 0 Å². The van der Waals surface area contributed by atoms with Gasteiger partial charge in [0.05, 0.1) is 14.2 Å². The van der Waals surface area contributed by atoms with Crippen LogP contribution in [0.1, 0.15) is 22.3 Å². The molecule has 0 aliphatic rings. The standard InChI is InChI=1S/C19H25BO2/c1-12-8-16(21-6)9-13(2)18(12)20(5)19-14(3)10-17(22-7)11-15(19)4/h8-11H,1-7H3. The van der Waals surface area contributed by atoms with Crippen LogP contribution in [0.5, 0.6) is 11.5 Å². The summed E-state index contributed by atoms with van der Waals surface area (Å²) in [5, 5.41) is 0. The van der Waals surface area contributed by atoms with Gasteiger partial charge >= 0.3 is 0 Å². The highest BCUT2D eigenvalue weighted by atomic mass is 16.5. The minimum atomic E-state index is 0.344. The minimum Gasteiger partial charge on any atom is -0.497 e. The molecule has 0 heterocycles. The van der Waals surface area contributed by atoms with E-state index in [1.165, 1.54) is 33.2 Å². The fraction of sp³-hybridized carbons (Fsp3) is 0.368. The average molecular weight is 296 g/mol. The van der Waals surface area contributed by atoms with Crippen molar-refractivity contribution in [2.24, 2.45) is 0 Å². The van der Waals surface area contributed by atoms with E-state index in [1.807, 2.05) is 0 Å². The minimum absolute atomic E-state index is 0.344. The molecule has 0 unspecified atom stereocenters. The average Bonchev–Trinajstić information content (AvgIpc) is 2.45. The van der Waals surface area contributed by atoms with Crippen LogP contribution in [-0.2, 0) is 0 Å². The molecule has 22 heavy (non-hydrogen) atoms. The van der Waals surface area contributed by atoms with E-state index in [0.29, 0.717) is 6.71 Å².